The first-order valence-corrected chi connectivity index (χ1v) is 5.53. The summed E-state index contributed by atoms with van der Waals surface area (Å²) in [5.74, 6) is 0. The lowest BCUT2D eigenvalue weighted by molar-refractivity contribution is 0.716. The predicted molar refractivity (Wildman–Crippen MR) is 65.7 cm³/mol. The summed E-state index contributed by atoms with van der Waals surface area (Å²) in [5.41, 5.74) is 7.77. The summed E-state index contributed by atoms with van der Waals surface area (Å²) in [6, 6.07) is 6.96. The second kappa shape index (κ2) is 4.45. The summed E-state index contributed by atoms with van der Waals surface area (Å²) in [6.45, 7) is 0. The van der Waals surface area contributed by atoms with E-state index in [1.54, 1.807) is 16.8 Å². The minimum atomic E-state index is -0.282. The Morgan fingerprint density at radius 1 is 1.25 bits per heavy atom. The van der Waals surface area contributed by atoms with Crippen LogP contribution in [0.25, 0.3) is 0 Å². The molecule has 3 nitrogen and oxygen atoms in total. The van der Waals surface area contributed by atoms with E-state index in [1.165, 1.54) is 0 Å². The highest BCUT2D eigenvalue weighted by Crippen LogP contribution is 2.26. The van der Waals surface area contributed by atoms with Gasteiger partial charge in [-0.25, -0.2) is 0 Å². The first-order chi connectivity index (χ1) is 7.58. The van der Waals surface area contributed by atoms with Gasteiger partial charge in [0, 0.05) is 13.2 Å². The fourth-order valence-electron chi connectivity index (χ4n) is 1.48. The van der Waals surface area contributed by atoms with Crippen molar-refractivity contribution >= 4 is 23.2 Å². The molecule has 5 heteroatoms. The summed E-state index contributed by atoms with van der Waals surface area (Å²) >= 11 is 11.8. The first-order valence-electron chi connectivity index (χ1n) is 4.78. The van der Waals surface area contributed by atoms with Gasteiger partial charge < -0.3 is 5.73 Å². The van der Waals surface area contributed by atoms with E-state index in [4.69, 9.17) is 28.9 Å². The Hall–Kier alpha value is -1.03. The molecule has 16 heavy (non-hydrogen) atoms. The molecule has 0 amide bonds. The van der Waals surface area contributed by atoms with Gasteiger partial charge in [-0.15, -0.1) is 0 Å². The SMILES string of the molecule is Cn1ccc(C(N)c2ccc(Cl)c(Cl)c2)n1. The second-order valence-corrected chi connectivity index (χ2v) is 4.38. The van der Waals surface area contributed by atoms with Crippen molar-refractivity contribution in [2.45, 2.75) is 6.04 Å². The van der Waals surface area contributed by atoms with Crippen LogP contribution in [0.2, 0.25) is 10.0 Å². The van der Waals surface area contributed by atoms with Gasteiger partial charge in [0.2, 0.25) is 0 Å². The molecular formula is C11H11Cl2N3. The van der Waals surface area contributed by atoms with Gasteiger partial charge in [0.25, 0.3) is 0 Å². The van der Waals surface area contributed by atoms with Crippen LogP contribution >= 0.6 is 23.2 Å². The molecule has 0 saturated carbocycles. The first kappa shape index (κ1) is 11.5. The molecule has 2 rings (SSSR count). The molecule has 1 atom stereocenters. The summed E-state index contributed by atoms with van der Waals surface area (Å²) < 4.78 is 1.71. The Labute approximate surface area is 104 Å². The maximum absolute atomic E-state index is 6.07. The van der Waals surface area contributed by atoms with E-state index in [0.29, 0.717) is 10.0 Å². The molecule has 84 valence electrons. The summed E-state index contributed by atoms with van der Waals surface area (Å²) in [6.07, 6.45) is 1.85. The number of aromatic nitrogens is 2. The third kappa shape index (κ3) is 2.21. The smallest absolute Gasteiger partial charge is 0.0837 e. The van der Waals surface area contributed by atoms with Crippen molar-refractivity contribution in [2.24, 2.45) is 12.8 Å². The van der Waals surface area contributed by atoms with E-state index in [1.807, 2.05) is 25.4 Å². The largest absolute Gasteiger partial charge is 0.319 e. The molecule has 0 bridgehead atoms. The molecule has 0 spiro atoms. The molecule has 1 aromatic heterocycles. The molecule has 0 fully saturated rings. The van der Waals surface area contributed by atoms with Gasteiger partial charge in [0.1, 0.15) is 0 Å². The van der Waals surface area contributed by atoms with Crippen molar-refractivity contribution in [1.82, 2.24) is 9.78 Å². The average Bonchev–Trinajstić information content (AvgIpc) is 2.68. The van der Waals surface area contributed by atoms with Crippen molar-refractivity contribution in [3.05, 3.63) is 51.8 Å². The van der Waals surface area contributed by atoms with E-state index < -0.39 is 0 Å². The van der Waals surface area contributed by atoms with Crippen molar-refractivity contribution in [3.63, 3.8) is 0 Å². The quantitative estimate of drug-likeness (QED) is 0.897. The number of hydrogen-bond donors (Lipinski definition) is 1. The van der Waals surface area contributed by atoms with Crippen molar-refractivity contribution < 1.29 is 0 Å². The number of rotatable bonds is 2. The van der Waals surface area contributed by atoms with Gasteiger partial charge in [0.15, 0.2) is 0 Å². The summed E-state index contributed by atoms with van der Waals surface area (Å²) in [7, 11) is 1.85. The van der Waals surface area contributed by atoms with Crippen LogP contribution in [0.3, 0.4) is 0 Å². The Balaban J connectivity index is 2.33. The second-order valence-electron chi connectivity index (χ2n) is 3.57. The third-order valence-corrected chi connectivity index (χ3v) is 3.09. The monoisotopic (exact) mass is 255 g/mol. The van der Waals surface area contributed by atoms with Crippen LogP contribution in [0, 0.1) is 0 Å². The lowest BCUT2D eigenvalue weighted by Gasteiger charge is -2.10. The van der Waals surface area contributed by atoms with Crippen molar-refractivity contribution in [3.8, 4) is 0 Å². The average molecular weight is 256 g/mol. The minimum absolute atomic E-state index is 0.282. The lowest BCUT2D eigenvalue weighted by Crippen LogP contribution is -2.12. The number of nitrogens with zero attached hydrogens (tertiary/aromatic N) is 2. The van der Waals surface area contributed by atoms with Gasteiger partial charge in [-0.2, -0.15) is 5.10 Å². The van der Waals surface area contributed by atoms with Gasteiger partial charge in [-0.1, -0.05) is 29.3 Å². The van der Waals surface area contributed by atoms with Gasteiger partial charge in [-0.3, -0.25) is 4.68 Å². The highest BCUT2D eigenvalue weighted by atomic mass is 35.5. The molecular weight excluding hydrogens is 245 g/mol. The molecule has 2 N–H and O–H groups in total. The number of aryl methyl sites for hydroxylation is 1. The van der Waals surface area contributed by atoms with Crippen LogP contribution in [0.1, 0.15) is 17.3 Å². The van der Waals surface area contributed by atoms with E-state index in [-0.39, 0.29) is 6.04 Å². The number of hydrogen-bond acceptors (Lipinski definition) is 2. The van der Waals surface area contributed by atoms with Gasteiger partial charge >= 0.3 is 0 Å². The highest BCUT2D eigenvalue weighted by Gasteiger charge is 2.12. The molecule has 1 unspecified atom stereocenters. The Morgan fingerprint density at radius 3 is 2.56 bits per heavy atom. The molecule has 0 radical (unpaired) electrons. The minimum Gasteiger partial charge on any atom is -0.319 e. The maximum Gasteiger partial charge on any atom is 0.0837 e. The van der Waals surface area contributed by atoms with Crippen LogP contribution < -0.4 is 5.73 Å². The molecule has 0 aliphatic rings. The van der Waals surface area contributed by atoms with Gasteiger partial charge in [0.05, 0.1) is 21.8 Å². The van der Waals surface area contributed by atoms with Crippen LogP contribution in [-0.4, -0.2) is 9.78 Å². The molecule has 0 aliphatic heterocycles. The van der Waals surface area contributed by atoms with Crippen LogP contribution in [0.15, 0.2) is 30.5 Å². The number of benzene rings is 1. The van der Waals surface area contributed by atoms with Crippen molar-refractivity contribution in [2.75, 3.05) is 0 Å². The Kier molecular flexibility index (Phi) is 3.19. The van der Waals surface area contributed by atoms with Gasteiger partial charge in [-0.05, 0) is 23.8 Å². The van der Waals surface area contributed by atoms with Crippen LogP contribution in [0.5, 0.6) is 0 Å². The zero-order chi connectivity index (χ0) is 11.7. The molecule has 2 aromatic rings. The fraction of sp³-hybridized carbons (Fsp3) is 0.182. The summed E-state index contributed by atoms with van der Waals surface area (Å²) in [4.78, 5) is 0. The molecule has 0 aliphatic carbocycles. The molecule has 1 heterocycles. The standard InChI is InChI=1S/C11H11Cl2N3/c1-16-5-4-10(15-16)11(14)7-2-3-8(12)9(13)6-7/h2-6,11H,14H2,1H3. The third-order valence-electron chi connectivity index (χ3n) is 2.36. The van der Waals surface area contributed by atoms with Crippen LogP contribution in [-0.2, 0) is 7.05 Å². The highest BCUT2D eigenvalue weighted by molar-refractivity contribution is 6.42. The van der Waals surface area contributed by atoms with Crippen LogP contribution in [0.4, 0.5) is 0 Å². The topological polar surface area (TPSA) is 43.8 Å². The van der Waals surface area contributed by atoms with E-state index in [0.717, 1.165) is 11.3 Å². The van der Waals surface area contributed by atoms with E-state index >= 15 is 0 Å². The normalized spacial score (nSPS) is 12.8. The number of nitrogens with two attached hydrogens (primary N) is 1. The fourth-order valence-corrected chi connectivity index (χ4v) is 1.78. The van der Waals surface area contributed by atoms with Crippen molar-refractivity contribution in [1.29, 1.82) is 0 Å². The maximum atomic E-state index is 6.07. The Bertz CT molecular complexity index is 508. The Morgan fingerprint density at radius 2 is 2.00 bits per heavy atom. The zero-order valence-electron chi connectivity index (χ0n) is 8.69. The zero-order valence-corrected chi connectivity index (χ0v) is 10.2. The summed E-state index contributed by atoms with van der Waals surface area (Å²) in [5, 5.41) is 5.29. The number of halogens is 2. The molecule has 0 saturated heterocycles. The van der Waals surface area contributed by atoms with E-state index in [2.05, 4.69) is 5.10 Å². The predicted octanol–water partition coefficient (Wildman–Crippen LogP) is 2.78. The van der Waals surface area contributed by atoms with E-state index in [9.17, 15) is 0 Å². The molecule has 1 aromatic carbocycles. The lowest BCUT2D eigenvalue weighted by atomic mass is 10.1.